The Morgan fingerprint density at radius 1 is 0.600 bits per heavy atom. The van der Waals surface area contributed by atoms with Crippen LogP contribution in [0.5, 0.6) is 0 Å². The van der Waals surface area contributed by atoms with Crippen molar-refractivity contribution < 1.29 is 0 Å². The minimum atomic E-state index is -0.192. The third-order valence-corrected chi connectivity index (χ3v) is 5.85. The number of aromatic nitrogens is 4. The lowest BCUT2D eigenvalue weighted by Crippen LogP contribution is -2.23. The second kappa shape index (κ2) is 7.06. The highest BCUT2D eigenvalue weighted by Gasteiger charge is 2.26. The Morgan fingerprint density at radius 2 is 0.967 bits per heavy atom. The van der Waals surface area contributed by atoms with Gasteiger partial charge < -0.3 is 0 Å². The number of nitrogens with zero attached hydrogens (tertiary/aromatic N) is 4. The fourth-order valence-electron chi connectivity index (χ4n) is 4.09. The summed E-state index contributed by atoms with van der Waals surface area (Å²) in [4.78, 5) is 27.0. The number of hydrogen-bond donors (Lipinski definition) is 0. The van der Waals surface area contributed by atoms with Gasteiger partial charge in [0.15, 0.2) is 0 Å². The Labute approximate surface area is 175 Å². The fourth-order valence-corrected chi connectivity index (χ4v) is 4.09. The van der Waals surface area contributed by atoms with Crippen LogP contribution in [-0.2, 0) is 14.1 Å². The van der Waals surface area contributed by atoms with E-state index in [2.05, 4.69) is 0 Å². The van der Waals surface area contributed by atoms with Crippen LogP contribution in [0.3, 0.4) is 0 Å². The van der Waals surface area contributed by atoms with Crippen molar-refractivity contribution in [2.24, 2.45) is 14.1 Å². The summed E-state index contributed by atoms with van der Waals surface area (Å²) in [6, 6.07) is 15.6. The van der Waals surface area contributed by atoms with Crippen LogP contribution in [0, 0.1) is 27.7 Å². The van der Waals surface area contributed by atoms with Gasteiger partial charge in [-0.15, -0.1) is 0 Å². The number of aryl methyl sites for hydroxylation is 2. The SMILES string of the molecule is Cc1cccc(-n2c(=O)c(-c3c(C)n(C)n(-c4cccc(C)c4)c3=O)c(C)n2C)c1. The lowest BCUT2D eigenvalue weighted by atomic mass is 10.1. The molecular weight excluding hydrogens is 376 g/mol. The molecule has 0 fully saturated rings. The molecule has 0 atom stereocenters. The normalized spacial score (nSPS) is 11.3. The van der Waals surface area contributed by atoms with Crippen molar-refractivity contribution in [2.45, 2.75) is 27.7 Å². The van der Waals surface area contributed by atoms with Crippen molar-refractivity contribution in [1.29, 1.82) is 0 Å². The highest BCUT2D eigenvalue weighted by Crippen LogP contribution is 2.24. The van der Waals surface area contributed by atoms with Crippen LogP contribution in [0.2, 0.25) is 0 Å². The van der Waals surface area contributed by atoms with E-state index in [9.17, 15) is 9.59 Å². The molecule has 0 unspecified atom stereocenters. The van der Waals surface area contributed by atoms with Crippen molar-refractivity contribution in [3.05, 3.63) is 91.8 Å². The summed E-state index contributed by atoms with van der Waals surface area (Å²) < 4.78 is 6.88. The van der Waals surface area contributed by atoms with Crippen molar-refractivity contribution in [3.8, 4) is 22.5 Å². The molecule has 0 spiro atoms. The van der Waals surface area contributed by atoms with Crippen LogP contribution in [0.1, 0.15) is 22.5 Å². The van der Waals surface area contributed by atoms with E-state index in [0.29, 0.717) is 11.1 Å². The number of rotatable bonds is 3. The van der Waals surface area contributed by atoms with E-state index in [1.807, 2.05) is 99.7 Å². The zero-order valence-electron chi connectivity index (χ0n) is 18.2. The molecule has 0 aliphatic carbocycles. The van der Waals surface area contributed by atoms with Crippen molar-refractivity contribution in [3.63, 3.8) is 0 Å². The minimum Gasteiger partial charge on any atom is -0.285 e. The van der Waals surface area contributed by atoms with Crippen LogP contribution in [0.15, 0.2) is 58.1 Å². The van der Waals surface area contributed by atoms with E-state index >= 15 is 0 Å². The monoisotopic (exact) mass is 402 g/mol. The second-order valence-corrected chi connectivity index (χ2v) is 7.88. The highest BCUT2D eigenvalue weighted by atomic mass is 16.1. The van der Waals surface area contributed by atoms with Crippen LogP contribution >= 0.6 is 0 Å². The van der Waals surface area contributed by atoms with Crippen LogP contribution in [0.4, 0.5) is 0 Å². The first kappa shape index (κ1) is 19.8. The molecule has 0 saturated heterocycles. The zero-order valence-corrected chi connectivity index (χ0v) is 18.2. The molecule has 2 aromatic carbocycles. The summed E-state index contributed by atoms with van der Waals surface area (Å²) >= 11 is 0. The first-order valence-corrected chi connectivity index (χ1v) is 9.94. The van der Waals surface area contributed by atoms with E-state index in [1.165, 1.54) is 0 Å². The maximum atomic E-state index is 13.5. The largest absolute Gasteiger partial charge is 0.285 e. The molecule has 4 rings (SSSR count). The van der Waals surface area contributed by atoms with Crippen molar-refractivity contribution >= 4 is 0 Å². The smallest absolute Gasteiger partial charge is 0.279 e. The first-order chi connectivity index (χ1) is 14.2. The third kappa shape index (κ3) is 2.87. The maximum Gasteiger partial charge on any atom is 0.279 e. The zero-order chi connectivity index (χ0) is 21.7. The highest BCUT2D eigenvalue weighted by molar-refractivity contribution is 5.68. The molecule has 0 bridgehead atoms. The quantitative estimate of drug-likeness (QED) is 0.526. The molecule has 6 heteroatoms. The molecule has 0 amide bonds. The predicted molar refractivity (Wildman–Crippen MR) is 120 cm³/mol. The van der Waals surface area contributed by atoms with Gasteiger partial charge in [0, 0.05) is 25.5 Å². The summed E-state index contributed by atoms with van der Waals surface area (Å²) in [7, 11) is 3.69. The Kier molecular flexibility index (Phi) is 4.65. The van der Waals surface area contributed by atoms with E-state index in [4.69, 9.17) is 0 Å². The molecule has 0 aliphatic heterocycles. The molecule has 154 valence electrons. The number of hydrogen-bond acceptors (Lipinski definition) is 2. The molecule has 2 aromatic heterocycles. The predicted octanol–water partition coefficient (Wildman–Crippen LogP) is 3.57. The van der Waals surface area contributed by atoms with Gasteiger partial charge in [0.25, 0.3) is 11.1 Å². The Morgan fingerprint density at radius 3 is 1.30 bits per heavy atom. The van der Waals surface area contributed by atoms with Gasteiger partial charge in [-0.2, -0.15) is 0 Å². The average Bonchev–Trinajstić information content (AvgIpc) is 3.04. The molecular formula is C24H26N4O2. The molecule has 0 aliphatic rings. The van der Waals surface area contributed by atoms with E-state index in [0.717, 1.165) is 33.9 Å². The summed E-state index contributed by atoms with van der Waals surface area (Å²) in [6.07, 6.45) is 0. The molecule has 6 nitrogen and oxygen atoms in total. The standard InChI is InChI=1S/C24H26N4O2/c1-15-9-7-11-19(13-15)27-23(29)21(17(3)25(27)5)22-18(4)26(6)28(24(22)30)20-12-8-10-16(2)14-20/h7-14H,1-6H3. The Bertz CT molecular complexity index is 1290. The summed E-state index contributed by atoms with van der Waals surface area (Å²) in [5.41, 5.74) is 5.72. The van der Waals surface area contributed by atoms with Gasteiger partial charge in [-0.25, -0.2) is 9.36 Å². The second-order valence-electron chi connectivity index (χ2n) is 7.88. The van der Waals surface area contributed by atoms with Gasteiger partial charge in [0.1, 0.15) is 0 Å². The first-order valence-electron chi connectivity index (χ1n) is 9.94. The van der Waals surface area contributed by atoms with Gasteiger partial charge in [-0.05, 0) is 63.1 Å². The third-order valence-electron chi connectivity index (χ3n) is 5.85. The lowest BCUT2D eigenvalue weighted by molar-refractivity contribution is 0.629. The summed E-state index contributed by atoms with van der Waals surface area (Å²) in [6.45, 7) is 7.75. The summed E-state index contributed by atoms with van der Waals surface area (Å²) in [5, 5.41) is 0. The average molecular weight is 402 g/mol. The molecule has 30 heavy (non-hydrogen) atoms. The minimum absolute atomic E-state index is 0.192. The molecule has 0 N–H and O–H groups in total. The maximum absolute atomic E-state index is 13.5. The van der Waals surface area contributed by atoms with Crippen molar-refractivity contribution in [1.82, 2.24) is 18.7 Å². The molecule has 4 aromatic rings. The van der Waals surface area contributed by atoms with Gasteiger partial charge in [0.2, 0.25) is 0 Å². The van der Waals surface area contributed by atoms with Crippen LogP contribution in [-0.4, -0.2) is 18.7 Å². The Balaban J connectivity index is 2.02. The molecule has 0 radical (unpaired) electrons. The lowest BCUT2D eigenvalue weighted by Gasteiger charge is -2.08. The van der Waals surface area contributed by atoms with E-state index in [-0.39, 0.29) is 11.1 Å². The van der Waals surface area contributed by atoms with Gasteiger partial charge >= 0.3 is 0 Å². The molecule has 0 saturated carbocycles. The van der Waals surface area contributed by atoms with E-state index in [1.54, 1.807) is 9.36 Å². The fraction of sp³-hybridized carbons (Fsp3) is 0.250. The Hall–Kier alpha value is -3.54. The van der Waals surface area contributed by atoms with Crippen LogP contribution in [0.25, 0.3) is 22.5 Å². The molecule has 2 heterocycles. The number of benzene rings is 2. The summed E-state index contributed by atoms with van der Waals surface area (Å²) in [5.74, 6) is 0. The van der Waals surface area contributed by atoms with Gasteiger partial charge in [0.05, 0.1) is 22.5 Å². The van der Waals surface area contributed by atoms with Gasteiger partial charge in [-0.3, -0.25) is 19.0 Å². The van der Waals surface area contributed by atoms with E-state index < -0.39 is 0 Å². The van der Waals surface area contributed by atoms with Crippen molar-refractivity contribution in [2.75, 3.05) is 0 Å². The topological polar surface area (TPSA) is 53.9 Å². The van der Waals surface area contributed by atoms with Gasteiger partial charge in [-0.1, -0.05) is 24.3 Å². The van der Waals surface area contributed by atoms with Crippen LogP contribution < -0.4 is 11.1 Å².